The van der Waals surface area contributed by atoms with Gasteiger partial charge in [0.15, 0.2) is 0 Å². The summed E-state index contributed by atoms with van der Waals surface area (Å²) in [6, 6.07) is 0. The van der Waals surface area contributed by atoms with Crippen LogP contribution in [0.1, 0.15) is 13.8 Å². The molecule has 0 aromatic heterocycles. The molecule has 0 aliphatic carbocycles. The lowest BCUT2D eigenvalue weighted by Gasteiger charge is -2.15. The summed E-state index contributed by atoms with van der Waals surface area (Å²) < 4.78 is 16.2. The Hall–Kier alpha value is -0.340. The first-order valence-electron chi connectivity index (χ1n) is 3.46. The van der Waals surface area contributed by atoms with E-state index in [-0.39, 0.29) is 12.8 Å². The lowest BCUT2D eigenvalue weighted by molar-refractivity contribution is -0.301. The largest absolute Gasteiger partial charge is 0.550 e. The zero-order valence-electron chi connectivity index (χ0n) is 6.70. The summed E-state index contributed by atoms with van der Waals surface area (Å²) in [5.41, 5.74) is 0. The van der Waals surface area contributed by atoms with Crippen molar-refractivity contribution in [3.63, 3.8) is 0 Å². The fraction of sp³-hybridized carbons (Fsp3) is 0.833. The molecule has 0 amide bonds. The third-order valence-electron chi connectivity index (χ3n) is 1.22. The normalized spacial score (nSPS) is 15.8. The number of aliphatic carboxylic acids is 1. The van der Waals surface area contributed by atoms with Crippen molar-refractivity contribution in [1.29, 1.82) is 0 Å². The molecule has 0 heterocycles. The highest BCUT2D eigenvalue weighted by Crippen LogP contribution is 2.45. The van der Waals surface area contributed by atoms with Gasteiger partial charge in [-0.15, -0.1) is 0 Å². The maximum Gasteiger partial charge on any atom is 0.208 e. The Morgan fingerprint density at radius 3 is 2.36 bits per heavy atom. The van der Waals surface area contributed by atoms with Gasteiger partial charge in [0.25, 0.3) is 0 Å². The van der Waals surface area contributed by atoms with E-state index in [1.165, 1.54) is 0 Å². The molecule has 0 aliphatic heterocycles. The molecule has 0 spiro atoms. The Kier molecular flexibility index (Phi) is 4.38. The Balaban J connectivity index is 4.10. The van der Waals surface area contributed by atoms with E-state index in [0.717, 1.165) is 0 Å². The highest BCUT2D eigenvalue weighted by atomic mass is 31.2. The monoisotopic (exact) mass is 179 g/mol. The van der Waals surface area contributed by atoms with Crippen LogP contribution in [-0.4, -0.2) is 24.9 Å². The Morgan fingerprint density at radius 2 is 2.09 bits per heavy atom. The molecule has 0 aromatic carbocycles. The van der Waals surface area contributed by atoms with Crippen LogP contribution >= 0.6 is 7.37 Å². The van der Waals surface area contributed by atoms with Gasteiger partial charge in [-0.2, -0.15) is 0 Å². The maximum absolute atomic E-state index is 11.3. The van der Waals surface area contributed by atoms with Gasteiger partial charge < -0.3 is 14.4 Å². The van der Waals surface area contributed by atoms with Crippen LogP contribution < -0.4 is 5.11 Å². The van der Waals surface area contributed by atoms with Crippen molar-refractivity contribution >= 4 is 13.3 Å². The third kappa shape index (κ3) is 4.17. The first-order chi connectivity index (χ1) is 5.04. The molecular formula is C6H12O4P-. The van der Waals surface area contributed by atoms with Crippen LogP contribution in [0.15, 0.2) is 0 Å². The minimum atomic E-state index is -2.92. The number of carbonyl (C=O) groups is 1. The smallest absolute Gasteiger partial charge is 0.208 e. The number of carbonyl (C=O) groups excluding carboxylic acids is 1. The van der Waals surface area contributed by atoms with Crippen molar-refractivity contribution in [3.05, 3.63) is 0 Å². The van der Waals surface area contributed by atoms with E-state index >= 15 is 0 Å². The van der Waals surface area contributed by atoms with Crippen LogP contribution in [0, 0.1) is 0 Å². The number of carboxylic acids is 1. The first kappa shape index (κ1) is 10.7. The minimum absolute atomic E-state index is 0.245. The van der Waals surface area contributed by atoms with E-state index in [4.69, 9.17) is 4.52 Å². The molecule has 0 rings (SSSR count). The summed E-state index contributed by atoms with van der Waals surface area (Å²) in [7, 11) is -2.92. The Labute approximate surface area is 66.0 Å². The van der Waals surface area contributed by atoms with Gasteiger partial charge in [0.2, 0.25) is 7.37 Å². The van der Waals surface area contributed by atoms with Crippen LogP contribution in [0.25, 0.3) is 0 Å². The molecule has 11 heavy (non-hydrogen) atoms. The number of hydrogen-bond donors (Lipinski definition) is 0. The fourth-order valence-corrected chi connectivity index (χ4v) is 2.04. The summed E-state index contributed by atoms with van der Waals surface area (Å²) in [5, 5.41) is 10.1. The SMILES string of the molecule is CCO[P@@](=O)(CC)CC(=O)[O-]. The van der Waals surface area contributed by atoms with Crippen molar-refractivity contribution in [2.45, 2.75) is 13.8 Å². The van der Waals surface area contributed by atoms with E-state index in [1.54, 1.807) is 13.8 Å². The molecule has 0 radical (unpaired) electrons. The molecular weight excluding hydrogens is 167 g/mol. The summed E-state index contributed by atoms with van der Waals surface area (Å²) in [5.74, 6) is -1.32. The summed E-state index contributed by atoms with van der Waals surface area (Å²) >= 11 is 0. The van der Waals surface area contributed by atoms with Gasteiger partial charge in [-0.1, -0.05) is 6.92 Å². The summed E-state index contributed by atoms with van der Waals surface area (Å²) in [6.07, 6.45) is -0.230. The lowest BCUT2D eigenvalue weighted by Crippen LogP contribution is -2.26. The first-order valence-corrected chi connectivity index (χ1v) is 5.46. The average Bonchev–Trinajstić information content (AvgIpc) is 1.87. The van der Waals surface area contributed by atoms with Gasteiger partial charge in [0, 0.05) is 6.16 Å². The number of hydrogen-bond acceptors (Lipinski definition) is 4. The van der Waals surface area contributed by atoms with E-state index < -0.39 is 19.5 Å². The maximum atomic E-state index is 11.3. The molecule has 0 aliphatic rings. The predicted octanol–water partition coefficient (Wildman–Crippen LogP) is 0.0708. The molecule has 0 saturated carbocycles. The Bertz CT molecular complexity index is 177. The molecule has 0 aromatic rings. The van der Waals surface area contributed by atoms with E-state index in [1.807, 2.05) is 0 Å². The molecule has 0 saturated heterocycles. The number of carboxylic acid groups (broad SMARTS) is 1. The number of rotatable bonds is 5. The van der Waals surface area contributed by atoms with Crippen molar-refractivity contribution in [1.82, 2.24) is 0 Å². The zero-order valence-corrected chi connectivity index (χ0v) is 7.60. The zero-order chi connectivity index (χ0) is 8.91. The van der Waals surface area contributed by atoms with E-state index in [0.29, 0.717) is 0 Å². The second-order valence-corrected chi connectivity index (χ2v) is 4.91. The second-order valence-electron chi connectivity index (χ2n) is 2.08. The lowest BCUT2D eigenvalue weighted by atomic mass is 10.8. The van der Waals surface area contributed by atoms with Gasteiger partial charge in [-0.25, -0.2) is 0 Å². The van der Waals surface area contributed by atoms with Gasteiger partial charge in [0.05, 0.1) is 18.7 Å². The summed E-state index contributed by atoms with van der Waals surface area (Å²) in [6.45, 7) is 3.59. The quantitative estimate of drug-likeness (QED) is 0.560. The second kappa shape index (κ2) is 4.52. The van der Waals surface area contributed by atoms with Crippen LogP contribution in [0.5, 0.6) is 0 Å². The van der Waals surface area contributed by atoms with Crippen LogP contribution in [0.2, 0.25) is 0 Å². The van der Waals surface area contributed by atoms with Gasteiger partial charge in [0.1, 0.15) is 0 Å². The van der Waals surface area contributed by atoms with Crippen molar-refractivity contribution < 1.29 is 19.0 Å². The molecule has 4 nitrogen and oxygen atoms in total. The highest BCUT2D eigenvalue weighted by Gasteiger charge is 2.19. The highest BCUT2D eigenvalue weighted by molar-refractivity contribution is 7.59. The molecule has 0 bridgehead atoms. The van der Waals surface area contributed by atoms with E-state index in [2.05, 4.69) is 0 Å². The molecule has 0 unspecified atom stereocenters. The average molecular weight is 179 g/mol. The van der Waals surface area contributed by atoms with Crippen LogP contribution in [0.4, 0.5) is 0 Å². The summed E-state index contributed by atoms with van der Waals surface area (Å²) in [4.78, 5) is 10.1. The van der Waals surface area contributed by atoms with Gasteiger partial charge >= 0.3 is 0 Å². The van der Waals surface area contributed by atoms with Crippen molar-refractivity contribution in [3.8, 4) is 0 Å². The van der Waals surface area contributed by atoms with Gasteiger partial charge in [-0.3, -0.25) is 4.57 Å². The van der Waals surface area contributed by atoms with Crippen molar-refractivity contribution in [2.75, 3.05) is 18.9 Å². The molecule has 66 valence electrons. The molecule has 5 heteroatoms. The third-order valence-corrected chi connectivity index (χ3v) is 3.65. The topological polar surface area (TPSA) is 66.4 Å². The van der Waals surface area contributed by atoms with Crippen LogP contribution in [-0.2, 0) is 13.9 Å². The molecule has 0 fully saturated rings. The minimum Gasteiger partial charge on any atom is -0.550 e. The van der Waals surface area contributed by atoms with E-state index in [9.17, 15) is 14.5 Å². The van der Waals surface area contributed by atoms with Gasteiger partial charge in [-0.05, 0) is 6.92 Å². The Morgan fingerprint density at radius 1 is 1.55 bits per heavy atom. The fourth-order valence-electron chi connectivity index (χ4n) is 0.681. The standard InChI is InChI=1S/C6H13O4P/c1-3-10-11(9,4-2)5-6(7)8/h3-5H2,1-2H3,(H,7,8)/p-1/t11-/m0/s1. The molecule has 1 atom stereocenters. The van der Waals surface area contributed by atoms with Crippen LogP contribution in [0.3, 0.4) is 0 Å². The predicted molar refractivity (Wildman–Crippen MR) is 39.6 cm³/mol. The molecule has 0 N–H and O–H groups in total. The van der Waals surface area contributed by atoms with Crippen molar-refractivity contribution in [2.24, 2.45) is 0 Å².